The molecule has 0 atom stereocenters. The molecular formula is C17H17N5O4S2. The van der Waals surface area contributed by atoms with E-state index in [0.717, 1.165) is 29.7 Å². The molecular weight excluding hydrogens is 402 g/mol. The first-order chi connectivity index (χ1) is 13.5. The van der Waals surface area contributed by atoms with Crippen molar-refractivity contribution in [3.8, 4) is 11.5 Å². The van der Waals surface area contributed by atoms with Gasteiger partial charge in [-0.3, -0.25) is 9.78 Å². The topological polar surface area (TPSA) is 118 Å². The van der Waals surface area contributed by atoms with Gasteiger partial charge in [0, 0.05) is 37.4 Å². The highest BCUT2D eigenvalue weighted by Crippen LogP contribution is 2.28. The van der Waals surface area contributed by atoms with E-state index >= 15 is 0 Å². The summed E-state index contributed by atoms with van der Waals surface area (Å²) in [5.41, 5.74) is 1.21. The van der Waals surface area contributed by atoms with Crippen LogP contribution in [0.15, 0.2) is 44.6 Å². The summed E-state index contributed by atoms with van der Waals surface area (Å²) in [5, 5.41) is 9.30. The van der Waals surface area contributed by atoms with Gasteiger partial charge >= 0.3 is 11.8 Å². The molecule has 0 aromatic carbocycles. The molecule has 4 rings (SSSR count). The van der Waals surface area contributed by atoms with Crippen LogP contribution >= 0.6 is 11.3 Å². The Balaban J connectivity index is 1.47. The molecule has 1 amide bonds. The lowest BCUT2D eigenvalue weighted by Gasteiger charge is -2.11. The number of pyridine rings is 1. The van der Waals surface area contributed by atoms with Gasteiger partial charge in [-0.25, -0.2) is 13.1 Å². The number of likely N-dealkylation sites (tertiary alicyclic amines) is 1. The van der Waals surface area contributed by atoms with E-state index in [4.69, 9.17) is 4.42 Å². The average molecular weight is 419 g/mol. The molecule has 9 nitrogen and oxygen atoms in total. The standard InChI is InChI=1S/C17H17N5O4S2/c23-17(22-6-1-2-7-22)16-21-20-15(26-16)13-8-14(27-11-13)28(24,25)19-10-12-4-3-5-18-9-12/h3-5,8-9,11,19H,1-2,6-7,10H2. The third-order valence-corrected chi connectivity index (χ3v) is 7.12. The first-order valence-corrected chi connectivity index (χ1v) is 11.0. The molecule has 3 aromatic heterocycles. The lowest BCUT2D eigenvalue weighted by molar-refractivity contribution is 0.0754. The third kappa shape index (κ3) is 3.96. The van der Waals surface area contributed by atoms with Gasteiger partial charge in [0.25, 0.3) is 0 Å². The van der Waals surface area contributed by atoms with Gasteiger partial charge < -0.3 is 9.32 Å². The van der Waals surface area contributed by atoms with Gasteiger partial charge in [-0.05, 0) is 30.5 Å². The van der Waals surface area contributed by atoms with Crippen LogP contribution in [-0.4, -0.2) is 47.5 Å². The summed E-state index contributed by atoms with van der Waals surface area (Å²) in [6.45, 7) is 1.50. The Kier molecular flexibility index (Phi) is 5.20. The number of hydrogen-bond acceptors (Lipinski definition) is 8. The highest BCUT2D eigenvalue weighted by atomic mass is 32.2. The zero-order valence-electron chi connectivity index (χ0n) is 14.7. The normalized spacial score (nSPS) is 14.5. The Labute approximate surface area is 165 Å². The van der Waals surface area contributed by atoms with E-state index in [-0.39, 0.29) is 28.4 Å². The summed E-state index contributed by atoms with van der Waals surface area (Å²) >= 11 is 1.04. The van der Waals surface area contributed by atoms with Crippen LogP contribution < -0.4 is 4.72 Å². The quantitative estimate of drug-likeness (QED) is 0.648. The van der Waals surface area contributed by atoms with Gasteiger partial charge in [-0.2, -0.15) is 0 Å². The predicted molar refractivity (Wildman–Crippen MR) is 101 cm³/mol. The molecule has 11 heteroatoms. The van der Waals surface area contributed by atoms with E-state index in [9.17, 15) is 13.2 Å². The van der Waals surface area contributed by atoms with E-state index in [1.807, 2.05) is 0 Å². The second-order valence-electron chi connectivity index (χ2n) is 6.25. The second kappa shape index (κ2) is 7.78. The fourth-order valence-electron chi connectivity index (χ4n) is 2.80. The molecule has 0 aliphatic carbocycles. The average Bonchev–Trinajstić information content (AvgIpc) is 3.47. The molecule has 3 aromatic rings. The summed E-state index contributed by atoms with van der Waals surface area (Å²) in [7, 11) is -3.69. The molecule has 0 saturated carbocycles. The number of thiophene rings is 1. The maximum Gasteiger partial charge on any atom is 0.311 e. The third-order valence-electron chi connectivity index (χ3n) is 4.28. The first-order valence-electron chi connectivity index (χ1n) is 8.63. The summed E-state index contributed by atoms with van der Waals surface area (Å²) in [4.78, 5) is 17.9. The fourth-order valence-corrected chi connectivity index (χ4v) is 5.02. The molecule has 1 N–H and O–H groups in total. The van der Waals surface area contributed by atoms with Crippen molar-refractivity contribution in [3.05, 3.63) is 47.4 Å². The van der Waals surface area contributed by atoms with Crippen molar-refractivity contribution in [2.24, 2.45) is 0 Å². The number of carbonyl (C=O) groups excluding carboxylic acids is 1. The molecule has 0 spiro atoms. The minimum Gasteiger partial charge on any atom is -0.412 e. The van der Waals surface area contributed by atoms with Crippen molar-refractivity contribution in [1.29, 1.82) is 0 Å². The maximum atomic E-state index is 12.5. The molecule has 1 aliphatic heterocycles. The van der Waals surface area contributed by atoms with E-state index in [2.05, 4.69) is 19.9 Å². The predicted octanol–water partition coefficient (Wildman–Crippen LogP) is 1.91. The highest BCUT2D eigenvalue weighted by molar-refractivity contribution is 7.91. The monoisotopic (exact) mass is 419 g/mol. The molecule has 4 heterocycles. The smallest absolute Gasteiger partial charge is 0.311 e. The summed E-state index contributed by atoms with van der Waals surface area (Å²) in [6.07, 6.45) is 5.14. The van der Waals surface area contributed by atoms with Crippen molar-refractivity contribution in [3.63, 3.8) is 0 Å². The number of aromatic nitrogens is 3. The highest BCUT2D eigenvalue weighted by Gasteiger charge is 2.25. The molecule has 28 heavy (non-hydrogen) atoms. The van der Waals surface area contributed by atoms with Gasteiger partial charge in [-0.1, -0.05) is 6.07 Å². The summed E-state index contributed by atoms with van der Waals surface area (Å²) < 4.78 is 33.1. The van der Waals surface area contributed by atoms with Crippen LogP contribution in [0.25, 0.3) is 11.5 Å². The van der Waals surface area contributed by atoms with E-state index < -0.39 is 10.0 Å². The number of sulfonamides is 1. The number of carbonyl (C=O) groups is 1. The van der Waals surface area contributed by atoms with Crippen LogP contribution in [0.2, 0.25) is 0 Å². The van der Waals surface area contributed by atoms with Crippen LogP contribution in [-0.2, 0) is 16.6 Å². The van der Waals surface area contributed by atoms with E-state index in [0.29, 0.717) is 18.7 Å². The van der Waals surface area contributed by atoms with Crippen LogP contribution in [0.3, 0.4) is 0 Å². The number of amides is 1. The van der Waals surface area contributed by atoms with Gasteiger partial charge in [0.15, 0.2) is 0 Å². The van der Waals surface area contributed by atoms with Crippen molar-refractivity contribution >= 4 is 27.3 Å². The fraction of sp³-hybridized carbons (Fsp3) is 0.294. The molecule has 146 valence electrons. The Morgan fingerprint density at radius 2 is 2.11 bits per heavy atom. The number of hydrogen-bond donors (Lipinski definition) is 1. The van der Waals surface area contributed by atoms with Crippen molar-refractivity contribution in [2.75, 3.05) is 13.1 Å². The van der Waals surface area contributed by atoms with Crippen molar-refractivity contribution in [2.45, 2.75) is 23.6 Å². The Hall–Kier alpha value is -2.63. The largest absolute Gasteiger partial charge is 0.412 e. The zero-order valence-corrected chi connectivity index (χ0v) is 16.4. The van der Waals surface area contributed by atoms with Gasteiger partial charge in [0.1, 0.15) is 4.21 Å². The minimum absolute atomic E-state index is 0.0813. The van der Waals surface area contributed by atoms with Gasteiger partial charge in [-0.15, -0.1) is 21.5 Å². The molecule has 1 saturated heterocycles. The summed E-state index contributed by atoms with van der Waals surface area (Å²) in [5.74, 6) is -0.257. The maximum absolute atomic E-state index is 12.5. The number of nitrogens with one attached hydrogen (secondary N) is 1. The van der Waals surface area contributed by atoms with E-state index in [1.54, 1.807) is 34.8 Å². The number of rotatable bonds is 6. The molecule has 1 aliphatic rings. The van der Waals surface area contributed by atoms with Gasteiger partial charge in [0.2, 0.25) is 15.9 Å². The molecule has 0 radical (unpaired) electrons. The molecule has 1 fully saturated rings. The number of nitrogens with zero attached hydrogens (tertiary/aromatic N) is 4. The molecule has 0 bridgehead atoms. The van der Waals surface area contributed by atoms with Gasteiger partial charge in [0.05, 0.1) is 5.56 Å². The Morgan fingerprint density at radius 3 is 2.86 bits per heavy atom. The SMILES string of the molecule is O=C(c1nnc(-c2csc(S(=O)(=O)NCc3cccnc3)c2)o1)N1CCCC1. The zero-order chi connectivity index (χ0) is 19.6. The van der Waals surface area contributed by atoms with Crippen molar-refractivity contribution < 1.29 is 17.6 Å². The minimum atomic E-state index is -3.69. The van der Waals surface area contributed by atoms with Crippen molar-refractivity contribution in [1.82, 2.24) is 24.8 Å². The molecule has 0 unspecified atom stereocenters. The van der Waals surface area contributed by atoms with Crippen LogP contribution in [0.5, 0.6) is 0 Å². The lowest BCUT2D eigenvalue weighted by Crippen LogP contribution is -2.27. The Bertz CT molecular complexity index is 1070. The summed E-state index contributed by atoms with van der Waals surface area (Å²) in [6, 6.07) is 4.98. The van der Waals surface area contributed by atoms with Crippen LogP contribution in [0.1, 0.15) is 29.1 Å². The van der Waals surface area contributed by atoms with Crippen LogP contribution in [0.4, 0.5) is 0 Å². The van der Waals surface area contributed by atoms with E-state index in [1.165, 1.54) is 6.07 Å². The first kappa shape index (κ1) is 18.7. The Morgan fingerprint density at radius 1 is 1.29 bits per heavy atom. The second-order valence-corrected chi connectivity index (χ2v) is 9.16. The lowest BCUT2D eigenvalue weighted by atomic mass is 10.3. The van der Waals surface area contributed by atoms with Crippen LogP contribution in [0, 0.1) is 0 Å².